The molecule has 0 unspecified atom stereocenters. The van der Waals surface area contributed by atoms with E-state index in [9.17, 15) is 0 Å². The summed E-state index contributed by atoms with van der Waals surface area (Å²) in [6, 6.07) is 7.50. The van der Waals surface area contributed by atoms with E-state index in [0.717, 1.165) is 6.54 Å². The molecular weight excluding hydrogens is 244 g/mol. The molecule has 1 heterocycles. The Morgan fingerprint density at radius 3 is 2.70 bits per heavy atom. The van der Waals surface area contributed by atoms with Gasteiger partial charge in [-0.05, 0) is 55.6 Å². The highest BCUT2D eigenvalue weighted by Crippen LogP contribution is 2.40. The largest absolute Gasteiger partial charge is 0.383 e. The van der Waals surface area contributed by atoms with Crippen LogP contribution in [0.15, 0.2) is 18.2 Å². The zero-order valence-electron chi connectivity index (χ0n) is 13.2. The van der Waals surface area contributed by atoms with Gasteiger partial charge >= 0.3 is 0 Å². The number of para-hydroxylation sites is 1. The molecule has 3 rings (SSSR count). The minimum Gasteiger partial charge on any atom is -0.383 e. The lowest BCUT2D eigenvalue weighted by atomic mass is 9.75. The highest BCUT2D eigenvalue weighted by atomic mass is 15.2. The summed E-state index contributed by atoms with van der Waals surface area (Å²) >= 11 is 0. The van der Waals surface area contributed by atoms with Crippen LogP contribution in [0.25, 0.3) is 0 Å². The molecule has 2 nitrogen and oxygen atoms in total. The van der Waals surface area contributed by atoms with Crippen LogP contribution in [0.2, 0.25) is 0 Å². The first kappa shape index (κ1) is 13.8. The maximum Gasteiger partial charge on any atom is 0.0610 e. The molecule has 1 saturated carbocycles. The molecule has 1 aliphatic carbocycles. The Morgan fingerprint density at radius 2 is 1.95 bits per heavy atom. The zero-order chi connectivity index (χ0) is 14.2. The molecule has 110 valence electrons. The first-order chi connectivity index (χ1) is 9.57. The molecule has 2 heteroatoms. The fraction of sp³-hybridized carbons (Fsp3) is 0.667. The normalized spacial score (nSPS) is 21.9. The van der Waals surface area contributed by atoms with Gasteiger partial charge in [-0.3, -0.25) is 0 Å². The fourth-order valence-corrected chi connectivity index (χ4v) is 3.75. The zero-order valence-corrected chi connectivity index (χ0v) is 13.2. The number of nitrogens with zero attached hydrogens (tertiary/aromatic N) is 1. The van der Waals surface area contributed by atoms with E-state index in [1.54, 1.807) is 0 Å². The molecule has 2 aliphatic rings. The number of fused-ring (bicyclic) bond motifs is 1. The standard InChI is InChI=1S/C18H28N2/c1-18(2)11-9-15(10-12-18)20(3)16-8-4-6-14-7-5-13-19-17(14)16/h4,6,8,15,19H,5,7,9-13H2,1-3H3. The van der Waals surface area contributed by atoms with Crippen molar-refractivity contribution < 1.29 is 0 Å². The van der Waals surface area contributed by atoms with E-state index in [1.165, 1.54) is 55.5 Å². The van der Waals surface area contributed by atoms with Crippen LogP contribution in [-0.4, -0.2) is 19.6 Å². The Morgan fingerprint density at radius 1 is 1.20 bits per heavy atom. The number of rotatable bonds is 2. The third-order valence-electron chi connectivity index (χ3n) is 5.29. The average Bonchev–Trinajstić information content (AvgIpc) is 2.46. The van der Waals surface area contributed by atoms with E-state index in [0.29, 0.717) is 11.5 Å². The van der Waals surface area contributed by atoms with E-state index in [-0.39, 0.29) is 0 Å². The lowest BCUT2D eigenvalue weighted by Crippen LogP contribution is -2.37. The van der Waals surface area contributed by atoms with Gasteiger partial charge < -0.3 is 10.2 Å². The second kappa shape index (κ2) is 5.31. The Balaban J connectivity index is 1.79. The van der Waals surface area contributed by atoms with Gasteiger partial charge in [0.1, 0.15) is 0 Å². The molecule has 0 spiro atoms. The minimum atomic E-state index is 0.547. The van der Waals surface area contributed by atoms with Crippen molar-refractivity contribution in [2.45, 2.75) is 58.4 Å². The van der Waals surface area contributed by atoms with Crippen LogP contribution in [-0.2, 0) is 6.42 Å². The highest BCUT2D eigenvalue weighted by molar-refractivity contribution is 5.74. The number of nitrogens with one attached hydrogen (secondary N) is 1. The van der Waals surface area contributed by atoms with Gasteiger partial charge in [0.2, 0.25) is 0 Å². The van der Waals surface area contributed by atoms with Crippen molar-refractivity contribution in [3.05, 3.63) is 23.8 Å². The number of hydrogen-bond acceptors (Lipinski definition) is 2. The van der Waals surface area contributed by atoms with E-state index < -0.39 is 0 Å². The highest BCUT2D eigenvalue weighted by Gasteiger charge is 2.30. The first-order valence-corrected chi connectivity index (χ1v) is 8.15. The van der Waals surface area contributed by atoms with Crippen molar-refractivity contribution in [3.63, 3.8) is 0 Å². The minimum absolute atomic E-state index is 0.547. The molecule has 0 bridgehead atoms. The molecule has 0 aromatic heterocycles. The molecule has 1 aromatic rings. The molecule has 1 fully saturated rings. The smallest absolute Gasteiger partial charge is 0.0610 e. The van der Waals surface area contributed by atoms with Crippen LogP contribution in [0.1, 0.15) is 51.5 Å². The molecule has 0 atom stereocenters. The van der Waals surface area contributed by atoms with Gasteiger partial charge in [-0.25, -0.2) is 0 Å². The lowest BCUT2D eigenvalue weighted by molar-refractivity contribution is 0.222. The van der Waals surface area contributed by atoms with Crippen molar-refractivity contribution in [3.8, 4) is 0 Å². The molecule has 0 saturated heterocycles. The third-order valence-corrected chi connectivity index (χ3v) is 5.29. The van der Waals surface area contributed by atoms with E-state index in [2.05, 4.69) is 49.3 Å². The summed E-state index contributed by atoms with van der Waals surface area (Å²) in [7, 11) is 2.29. The maximum absolute atomic E-state index is 3.63. The molecule has 1 aromatic carbocycles. The van der Waals surface area contributed by atoms with Crippen molar-refractivity contribution in [1.29, 1.82) is 0 Å². The number of anilines is 2. The van der Waals surface area contributed by atoms with Gasteiger partial charge in [0.25, 0.3) is 0 Å². The molecule has 1 N–H and O–H groups in total. The maximum atomic E-state index is 3.63. The molecule has 20 heavy (non-hydrogen) atoms. The summed E-state index contributed by atoms with van der Waals surface area (Å²) in [5.74, 6) is 0. The summed E-state index contributed by atoms with van der Waals surface area (Å²) in [5, 5.41) is 3.63. The van der Waals surface area contributed by atoms with Gasteiger partial charge in [0, 0.05) is 19.6 Å². The average molecular weight is 272 g/mol. The van der Waals surface area contributed by atoms with Crippen LogP contribution in [0.5, 0.6) is 0 Å². The number of hydrogen-bond donors (Lipinski definition) is 1. The van der Waals surface area contributed by atoms with Crippen LogP contribution < -0.4 is 10.2 Å². The second-order valence-electron chi connectivity index (χ2n) is 7.35. The van der Waals surface area contributed by atoms with Gasteiger partial charge in [0.15, 0.2) is 0 Å². The van der Waals surface area contributed by atoms with Gasteiger partial charge in [-0.1, -0.05) is 26.0 Å². The Labute approximate surface area is 123 Å². The Hall–Kier alpha value is -1.18. The van der Waals surface area contributed by atoms with Crippen molar-refractivity contribution in [1.82, 2.24) is 0 Å². The summed E-state index contributed by atoms with van der Waals surface area (Å²) in [4.78, 5) is 2.53. The lowest BCUT2D eigenvalue weighted by Gasteiger charge is -2.40. The summed E-state index contributed by atoms with van der Waals surface area (Å²) < 4.78 is 0. The van der Waals surface area contributed by atoms with Crippen molar-refractivity contribution in [2.24, 2.45) is 5.41 Å². The quantitative estimate of drug-likeness (QED) is 0.855. The first-order valence-electron chi connectivity index (χ1n) is 8.15. The fourth-order valence-electron chi connectivity index (χ4n) is 3.75. The van der Waals surface area contributed by atoms with E-state index in [4.69, 9.17) is 0 Å². The van der Waals surface area contributed by atoms with Gasteiger partial charge in [-0.2, -0.15) is 0 Å². The number of aryl methyl sites for hydroxylation is 1. The molecule has 0 amide bonds. The topological polar surface area (TPSA) is 15.3 Å². The molecule has 0 radical (unpaired) electrons. The Kier molecular flexibility index (Phi) is 3.66. The monoisotopic (exact) mass is 272 g/mol. The van der Waals surface area contributed by atoms with E-state index in [1.807, 2.05) is 0 Å². The Bertz CT molecular complexity index is 468. The van der Waals surface area contributed by atoms with Crippen molar-refractivity contribution >= 4 is 11.4 Å². The predicted octanol–water partition coefficient (Wildman–Crippen LogP) is 4.45. The summed E-state index contributed by atoms with van der Waals surface area (Å²) in [6.45, 7) is 5.94. The van der Waals surface area contributed by atoms with Crippen LogP contribution in [0, 0.1) is 5.41 Å². The van der Waals surface area contributed by atoms with Gasteiger partial charge in [-0.15, -0.1) is 0 Å². The van der Waals surface area contributed by atoms with Crippen LogP contribution in [0.4, 0.5) is 11.4 Å². The summed E-state index contributed by atoms with van der Waals surface area (Å²) in [5.41, 5.74) is 4.85. The molecular formula is C18H28N2. The van der Waals surface area contributed by atoms with Crippen LogP contribution in [0.3, 0.4) is 0 Å². The van der Waals surface area contributed by atoms with Gasteiger partial charge in [0.05, 0.1) is 11.4 Å². The van der Waals surface area contributed by atoms with Crippen LogP contribution >= 0.6 is 0 Å². The van der Waals surface area contributed by atoms with Crippen molar-refractivity contribution in [2.75, 3.05) is 23.8 Å². The third kappa shape index (κ3) is 2.65. The summed E-state index contributed by atoms with van der Waals surface area (Å²) in [6.07, 6.45) is 7.84. The number of benzene rings is 1. The molecule has 1 aliphatic heterocycles. The predicted molar refractivity (Wildman–Crippen MR) is 87.7 cm³/mol. The SMILES string of the molecule is CN(c1cccc2c1NCCC2)C1CCC(C)(C)CC1. The second-order valence-corrected chi connectivity index (χ2v) is 7.35. The van der Waals surface area contributed by atoms with E-state index >= 15 is 0 Å².